The van der Waals surface area contributed by atoms with Crippen molar-refractivity contribution >= 4 is 39.5 Å². The fraction of sp³-hybridized carbons (Fsp3) is 0.947. The highest BCUT2D eigenvalue weighted by Gasteiger charge is 2.30. The van der Waals surface area contributed by atoms with Crippen LogP contribution < -0.4 is 0 Å². The van der Waals surface area contributed by atoms with E-state index < -0.39 is 97.5 Å². The SMILES string of the molecule is CCCCCCCCCCCCCCCCCCCCCCCCC(=O)O[C@H](COC(=O)CCCCCCCCCCCCCCCC(C)C)COP(=O)(O)OC[C@@H](O)COP(=O)(O)OC[C@@H](COC(=O)CCCCCCCCCC)OC(=O)CCCCCCCCC(C)C. The maximum absolute atomic E-state index is 13.1. The van der Waals surface area contributed by atoms with Crippen LogP contribution in [0.15, 0.2) is 0 Å². The number of ether oxygens (including phenoxy) is 4. The molecule has 0 aliphatic carbocycles. The van der Waals surface area contributed by atoms with E-state index >= 15 is 0 Å². The number of carbonyl (C=O) groups excluding carboxylic acids is 4. The molecular weight excluding hydrogens is 1250 g/mol. The molecule has 19 heteroatoms. The fourth-order valence-corrected chi connectivity index (χ4v) is 13.2. The Kier molecular flexibility index (Phi) is 66.5. The third-order valence-corrected chi connectivity index (χ3v) is 19.6. The molecule has 0 aromatic heterocycles. The van der Waals surface area contributed by atoms with Crippen LogP contribution in [0.4, 0.5) is 0 Å². The summed E-state index contributed by atoms with van der Waals surface area (Å²) in [6.45, 7) is 9.48. The van der Waals surface area contributed by atoms with Gasteiger partial charge in [-0.2, -0.15) is 0 Å². The van der Waals surface area contributed by atoms with Gasteiger partial charge in [-0.25, -0.2) is 9.13 Å². The molecule has 564 valence electrons. The van der Waals surface area contributed by atoms with Crippen molar-refractivity contribution in [2.75, 3.05) is 39.6 Å². The smallest absolute Gasteiger partial charge is 0.462 e. The molecule has 3 N–H and O–H groups in total. The van der Waals surface area contributed by atoms with Gasteiger partial charge in [0.2, 0.25) is 0 Å². The minimum atomic E-state index is -4.96. The Labute approximate surface area is 581 Å². The number of esters is 4. The van der Waals surface area contributed by atoms with Gasteiger partial charge in [-0.15, -0.1) is 0 Å². The lowest BCUT2D eigenvalue weighted by atomic mass is 10.0. The maximum atomic E-state index is 13.1. The van der Waals surface area contributed by atoms with Crippen molar-refractivity contribution in [2.45, 2.75) is 413 Å². The van der Waals surface area contributed by atoms with E-state index in [1.54, 1.807) is 0 Å². The van der Waals surface area contributed by atoms with Crippen LogP contribution in [0.5, 0.6) is 0 Å². The Bertz CT molecular complexity index is 1840. The van der Waals surface area contributed by atoms with E-state index in [-0.39, 0.29) is 25.7 Å². The lowest BCUT2D eigenvalue weighted by molar-refractivity contribution is -0.161. The molecule has 17 nitrogen and oxygen atoms in total. The van der Waals surface area contributed by atoms with Crippen LogP contribution in [0.1, 0.15) is 395 Å². The van der Waals surface area contributed by atoms with Crippen LogP contribution in [0.2, 0.25) is 0 Å². The number of carbonyl (C=O) groups is 4. The average Bonchev–Trinajstić information content (AvgIpc) is 2.05. The van der Waals surface area contributed by atoms with Crippen molar-refractivity contribution in [1.29, 1.82) is 0 Å². The second kappa shape index (κ2) is 67.9. The molecule has 5 atom stereocenters. The molecule has 0 aromatic carbocycles. The van der Waals surface area contributed by atoms with E-state index in [1.165, 1.54) is 205 Å². The van der Waals surface area contributed by atoms with E-state index in [4.69, 9.17) is 37.0 Å². The number of unbranched alkanes of at least 4 members (excludes halogenated alkanes) is 45. The largest absolute Gasteiger partial charge is 0.472 e. The first-order chi connectivity index (χ1) is 45.9. The molecule has 0 amide bonds. The second-order valence-electron chi connectivity index (χ2n) is 28.3. The molecule has 0 heterocycles. The number of phosphoric acid groups is 2. The first-order valence-electron chi connectivity index (χ1n) is 39.5. The number of rotatable bonds is 75. The van der Waals surface area contributed by atoms with Crippen molar-refractivity contribution < 1.29 is 80.2 Å². The summed E-state index contributed by atoms with van der Waals surface area (Å²) in [6.07, 6.45) is 56.0. The van der Waals surface area contributed by atoms with Crippen LogP contribution in [0, 0.1) is 11.8 Å². The first-order valence-corrected chi connectivity index (χ1v) is 42.5. The minimum Gasteiger partial charge on any atom is -0.462 e. The molecular formula is C76H148O17P2. The van der Waals surface area contributed by atoms with E-state index in [1.807, 2.05) is 0 Å². The standard InChI is InChI=1S/C76H148O17P2/c1-7-9-11-13-15-17-18-19-20-21-22-23-24-25-26-27-30-34-37-41-48-54-60-75(80)92-71(64-87-74(79)59-53-47-40-36-33-31-28-29-32-35-38-44-50-56-68(3)4)66-90-94(82,83)88-62-70(77)63-89-95(84,85)91-67-72(65-86-73(78)58-52-46-39-16-14-12-10-8-2)93-76(81)61-55-49-43-42-45-51-57-69(5)6/h68-72,77H,7-67H2,1-6H3,(H,82,83)(H,84,85)/t70-,71-,72-/m1/s1. The van der Waals surface area contributed by atoms with Gasteiger partial charge < -0.3 is 33.8 Å². The molecule has 0 fully saturated rings. The Balaban J connectivity index is 5.15. The monoisotopic (exact) mass is 1400 g/mol. The van der Waals surface area contributed by atoms with Gasteiger partial charge in [0, 0.05) is 25.7 Å². The molecule has 0 radical (unpaired) electrons. The number of aliphatic hydroxyl groups excluding tert-OH is 1. The van der Waals surface area contributed by atoms with Gasteiger partial charge in [0.1, 0.15) is 19.3 Å². The molecule has 0 aromatic rings. The summed E-state index contributed by atoms with van der Waals surface area (Å²) in [5.41, 5.74) is 0. The van der Waals surface area contributed by atoms with Gasteiger partial charge in [-0.1, -0.05) is 343 Å². The Morgan fingerprint density at radius 1 is 0.284 bits per heavy atom. The zero-order valence-corrected chi connectivity index (χ0v) is 63.8. The molecule has 2 unspecified atom stereocenters. The molecule has 0 rings (SSSR count). The molecule has 0 aliphatic heterocycles. The van der Waals surface area contributed by atoms with Crippen molar-refractivity contribution in [3.05, 3.63) is 0 Å². The van der Waals surface area contributed by atoms with Crippen molar-refractivity contribution in [3.8, 4) is 0 Å². The lowest BCUT2D eigenvalue weighted by Crippen LogP contribution is -2.30. The van der Waals surface area contributed by atoms with Crippen molar-refractivity contribution in [1.82, 2.24) is 0 Å². The fourth-order valence-electron chi connectivity index (χ4n) is 11.7. The zero-order valence-electron chi connectivity index (χ0n) is 62.0. The van der Waals surface area contributed by atoms with Crippen LogP contribution in [-0.2, 0) is 65.4 Å². The first kappa shape index (κ1) is 93.1. The van der Waals surface area contributed by atoms with Crippen molar-refractivity contribution in [2.24, 2.45) is 11.8 Å². The zero-order chi connectivity index (χ0) is 70.0. The molecule has 0 saturated carbocycles. The van der Waals surface area contributed by atoms with Crippen LogP contribution in [0.3, 0.4) is 0 Å². The van der Waals surface area contributed by atoms with Gasteiger partial charge in [-0.05, 0) is 37.5 Å². The van der Waals surface area contributed by atoms with Crippen molar-refractivity contribution in [3.63, 3.8) is 0 Å². The average molecular weight is 1400 g/mol. The van der Waals surface area contributed by atoms with Crippen LogP contribution in [0.25, 0.3) is 0 Å². The lowest BCUT2D eigenvalue weighted by Gasteiger charge is -2.21. The van der Waals surface area contributed by atoms with Gasteiger partial charge in [-0.3, -0.25) is 37.3 Å². The molecule has 0 aliphatic rings. The van der Waals surface area contributed by atoms with E-state index in [2.05, 4.69) is 41.5 Å². The van der Waals surface area contributed by atoms with Gasteiger partial charge >= 0.3 is 39.5 Å². The third kappa shape index (κ3) is 70.3. The summed E-state index contributed by atoms with van der Waals surface area (Å²) in [5, 5.41) is 10.6. The summed E-state index contributed by atoms with van der Waals surface area (Å²) in [5.74, 6) is -0.664. The highest BCUT2D eigenvalue weighted by molar-refractivity contribution is 7.47. The second-order valence-corrected chi connectivity index (χ2v) is 31.3. The Hall–Kier alpha value is -1.94. The molecule has 0 bridgehead atoms. The van der Waals surface area contributed by atoms with Gasteiger partial charge in [0.05, 0.1) is 26.4 Å². The number of aliphatic hydroxyl groups is 1. The summed E-state index contributed by atoms with van der Waals surface area (Å²) < 4.78 is 68.3. The van der Waals surface area contributed by atoms with E-state index in [9.17, 15) is 43.2 Å². The Morgan fingerprint density at radius 2 is 0.484 bits per heavy atom. The normalized spacial score (nSPS) is 14.0. The van der Waals surface area contributed by atoms with Crippen LogP contribution in [-0.4, -0.2) is 96.7 Å². The summed E-state index contributed by atoms with van der Waals surface area (Å²) >= 11 is 0. The third-order valence-electron chi connectivity index (χ3n) is 17.7. The van der Waals surface area contributed by atoms with E-state index in [0.29, 0.717) is 31.6 Å². The highest BCUT2D eigenvalue weighted by Crippen LogP contribution is 2.45. The van der Waals surface area contributed by atoms with E-state index in [0.717, 1.165) is 102 Å². The summed E-state index contributed by atoms with van der Waals surface area (Å²) in [4.78, 5) is 72.6. The predicted molar refractivity (Wildman–Crippen MR) is 386 cm³/mol. The van der Waals surface area contributed by atoms with Crippen LogP contribution >= 0.6 is 15.6 Å². The number of phosphoric ester groups is 2. The predicted octanol–water partition coefficient (Wildman–Crippen LogP) is 22.3. The minimum absolute atomic E-state index is 0.102. The molecule has 95 heavy (non-hydrogen) atoms. The number of hydrogen-bond acceptors (Lipinski definition) is 15. The Morgan fingerprint density at radius 3 is 0.716 bits per heavy atom. The topological polar surface area (TPSA) is 237 Å². The quantitative estimate of drug-likeness (QED) is 0.0222. The maximum Gasteiger partial charge on any atom is 0.472 e. The summed E-state index contributed by atoms with van der Waals surface area (Å²) in [6, 6.07) is 0. The molecule has 0 spiro atoms. The molecule has 0 saturated heterocycles. The highest BCUT2D eigenvalue weighted by atomic mass is 31.2. The van der Waals surface area contributed by atoms with Gasteiger partial charge in [0.25, 0.3) is 0 Å². The number of hydrogen-bond donors (Lipinski definition) is 3. The van der Waals surface area contributed by atoms with Gasteiger partial charge in [0.15, 0.2) is 12.2 Å². The summed E-state index contributed by atoms with van der Waals surface area (Å²) in [7, 11) is -9.90.